The van der Waals surface area contributed by atoms with Crippen molar-refractivity contribution in [3.63, 3.8) is 0 Å². The number of rotatable bonds is 7. The summed E-state index contributed by atoms with van der Waals surface area (Å²) in [6.07, 6.45) is 12.3. The van der Waals surface area contributed by atoms with Crippen LogP contribution in [0.4, 0.5) is 5.95 Å². The Labute approximate surface area is 165 Å². The Kier molecular flexibility index (Phi) is 7.19. The number of hydrogen-bond donors (Lipinski definition) is 3. The molecule has 1 atom stereocenters. The summed E-state index contributed by atoms with van der Waals surface area (Å²) in [6.45, 7) is 1.66. The quantitative estimate of drug-likeness (QED) is 0.484. The van der Waals surface area contributed by atoms with Gasteiger partial charge in [0, 0.05) is 25.5 Å². The number of carboxylic acids is 1. The number of nitrogens with zero attached hydrogens (tertiary/aromatic N) is 3. The van der Waals surface area contributed by atoms with Crippen LogP contribution in [0.2, 0.25) is 0 Å². The molecule has 8 heteroatoms. The summed E-state index contributed by atoms with van der Waals surface area (Å²) >= 11 is 0. The van der Waals surface area contributed by atoms with Gasteiger partial charge >= 0.3 is 5.97 Å². The molecule has 154 valence electrons. The van der Waals surface area contributed by atoms with E-state index in [0.29, 0.717) is 17.8 Å². The molecule has 1 aliphatic heterocycles. The van der Waals surface area contributed by atoms with Gasteiger partial charge in [0.1, 0.15) is 0 Å². The average molecular weight is 390 g/mol. The number of carbonyl (C=O) groups excluding carboxylic acids is 1. The first-order valence-corrected chi connectivity index (χ1v) is 10.3. The van der Waals surface area contributed by atoms with Crippen LogP contribution in [0.5, 0.6) is 0 Å². The summed E-state index contributed by atoms with van der Waals surface area (Å²) in [6, 6.07) is 0. The molecular weight excluding hydrogens is 360 g/mol. The molecule has 3 rings (SSSR count). The number of anilines is 1. The zero-order valence-corrected chi connectivity index (χ0v) is 16.2. The fourth-order valence-corrected chi connectivity index (χ4v) is 4.60. The second-order valence-electron chi connectivity index (χ2n) is 8.06. The van der Waals surface area contributed by atoms with Gasteiger partial charge in [-0.1, -0.05) is 19.3 Å². The highest BCUT2D eigenvalue weighted by Gasteiger charge is 2.30. The minimum atomic E-state index is -0.629. The SMILES string of the molecule is O=C(NO)c1cnc(N2CCC(CC[C@H](C(=O)O)C3CCCCC3)CC2)nc1. The first-order valence-electron chi connectivity index (χ1n) is 10.3. The molecule has 0 radical (unpaired) electrons. The van der Waals surface area contributed by atoms with Gasteiger partial charge in [0.2, 0.25) is 5.95 Å². The summed E-state index contributed by atoms with van der Waals surface area (Å²) in [5.74, 6) is 0.0434. The zero-order chi connectivity index (χ0) is 19.9. The minimum absolute atomic E-state index is 0.188. The molecule has 0 bridgehead atoms. The number of aliphatic carboxylic acids is 1. The lowest BCUT2D eigenvalue weighted by molar-refractivity contribution is -0.144. The molecule has 1 saturated heterocycles. The maximum absolute atomic E-state index is 11.7. The Morgan fingerprint density at radius 3 is 2.32 bits per heavy atom. The van der Waals surface area contributed by atoms with E-state index in [1.165, 1.54) is 31.7 Å². The van der Waals surface area contributed by atoms with E-state index in [4.69, 9.17) is 5.21 Å². The van der Waals surface area contributed by atoms with Crippen LogP contribution in [0.15, 0.2) is 12.4 Å². The highest BCUT2D eigenvalue weighted by atomic mass is 16.5. The topological polar surface area (TPSA) is 116 Å². The van der Waals surface area contributed by atoms with Crippen molar-refractivity contribution in [2.24, 2.45) is 17.8 Å². The van der Waals surface area contributed by atoms with Crippen LogP contribution in [-0.4, -0.2) is 45.2 Å². The normalized spacial score (nSPS) is 20.0. The molecule has 0 unspecified atom stereocenters. The van der Waals surface area contributed by atoms with Crippen molar-refractivity contribution in [1.82, 2.24) is 15.4 Å². The molecule has 1 aromatic heterocycles. The summed E-state index contributed by atoms with van der Waals surface area (Å²) in [7, 11) is 0. The van der Waals surface area contributed by atoms with Crippen LogP contribution < -0.4 is 10.4 Å². The maximum atomic E-state index is 11.7. The van der Waals surface area contributed by atoms with Crippen molar-refractivity contribution in [3.05, 3.63) is 18.0 Å². The first kappa shape index (κ1) is 20.5. The molecule has 1 saturated carbocycles. The van der Waals surface area contributed by atoms with Crippen molar-refractivity contribution in [2.75, 3.05) is 18.0 Å². The highest BCUT2D eigenvalue weighted by Crippen LogP contribution is 2.34. The number of nitrogens with one attached hydrogen (secondary N) is 1. The van der Waals surface area contributed by atoms with Gasteiger partial charge in [0.25, 0.3) is 5.91 Å². The Hall–Kier alpha value is -2.22. The van der Waals surface area contributed by atoms with Gasteiger partial charge < -0.3 is 10.0 Å². The third-order valence-electron chi connectivity index (χ3n) is 6.32. The van der Waals surface area contributed by atoms with Gasteiger partial charge in [0.05, 0.1) is 11.5 Å². The maximum Gasteiger partial charge on any atom is 0.306 e. The van der Waals surface area contributed by atoms with Crippen molar-refractivity contribution in [3.8, 4) is 0 Å². The summed E-state index contributed by atoms with van der Waals surface area (Å²) in [4.78, 5) is 33.6. The van der Waals surface area contributed by atoms with Gasteiger partial charge in [-0.2, -0.15) is 0 Å². The highest BCUT2D eigenvalue weighted by molar-refractivity contribution is 5.92. The van der Waals surface area contributed by atoms with Crippen molar-refractivity contribution in [1.29, 1.82) is 0 Å². The zero-order valence-electron chi connectivity index (χ0n) is 16.2. The Morgan fingerprint density at radius 2 is 1.75 bits per heavy atom. The van der Waals surface area contributed by atoms with Gasteiger partial charge in [-0.15, -0.1) is 0 Å². The third-order valence-corrected chi connectivity index (χ3v) is 6.32. The predicted octanol–water partition coefficient (Wildman–Crippen LogP) is 2.87. The average Bonchev–Trinajstić information content (AvgIpc) is 2.74. The van der Waals surface area contributed by atoms with Gasteiger partial charge in [-0.25, -0.2) is 15.4 Å². The van der Waals surface area contributed by atoms with E-state index in [9.17, 15) is 14.7 Å². The monoisotopic (exact) mass is 390 g/mol. The molecule has 1 aromatic rings. The van der Waals surface area contributed by atoms with Crippen molar-refractivity contribution >= 4 is 17.8 Å². The Bertz CT molecular complexity index is 653. The number of carboxylic acid groups (broad SMARTS) is 1. The molecule has 3 N–H and O–H groups in total. The van der Waals surface area contributed by atoms with E-state index >= 15 is 0 Å². The van der Waals surface area contributed by atoms with E-state index in [2.05, 4.69) is 14.9 Å². The standard InChI is InChI=1S/C20H30N4O4/c25-18(23-28)16-12-21-20(22-13-16)24-10-8-14(9-11-24)6-7-17(19(26)27)15-4-2-1-3-5-15/h12-15,17,28H,1-11H2,(H,23,25)(H,26,27)/t17-/m0/s1. The van der Waals surface area contributed by atoms with Gasteiger partial charge in [-0.05, 0) is 50.4 Å². The fraction of sp³-hybridized carbons (Fsp3) is 0.700. The lowest BCUT2D eigenvalue weighted by atomic mass is 9.76. The number of piperidine rings is 1. The van der Waals surface area contributed by atoms with E-state index in [0.717, 1.165) is 51.6 Å². The van der Waals surface area contributed by atoms with Crippen LogP contribution in [0.1, 0.15) is 68.1 Å². The van der Waals surface area contributed by atoms with Crippen LogP contribution in [0, 0.1) is 17.8 Å². The Morgan fingerprint density at radius 1 is 1.11 bits per heavy atom. The summed E-state index contributed by atoms with van der Waals surface area (Å²) in [5, 5.41) is 18.3. The lowest BCUT2D eigenvalue weighted by Crippen LogP contribution is -2.35. The van der Waals surface area contributed by atoms with E-state index in [-0.39, 0.29) is 11.5 Å². The first-order chi connectivity index (χ1) is 13.6. The molecule has 2 fully saturated rings. The second-order valence-corrected chi connectivity index (χ2v) is 8.06. The molecule has 0 aromatic carbocycles. The molecule has 28 heavy (non-hydrogen) atoms. The molecular formula is C20H30N4O4. The second kappa shape index (κ2) is 9.82. The molecule has 1 aliphatic carbocycles. The summed E-state index contributed by atoms with van der Waals surface area (Å²) < 4.78 is 0. The van der Waals surface area contributed by atoms with E-state index in [1.807, 2.05) is 0 Å². The number of hydroxylamine groups is 1. The molecule has 1 amide bonds. The number of aromatic nitrogens is 2. The van der Waals surface area contributed by atoms with Gasteiger partial charge in [0.15, 0.2) is 0 Å². The smallest absolute Gasteiger partial charge is 0.306 e. The fourth-order valence-electron chi connectivity index (χ4n) is 4.60. The number of amides is 1. The predicted molar refractivity (Wildman–Crippen MR) is 103 cm³/mol. The van der Waals surface area contributed by atoms with Crippen molar-refractivity contribution in [2.45, 2.75) is 57.8 Å². The lowest BCUT2D eigenvalue weighted by Gasteiger charge is -2.33. The molecule has 2 heterocycles. The number of carbonyl (C=O) groups is 2. The molecule has 0 spiro atoms. The Balaban J connectivity index is 1.47. The van der Waals surface area contributed by atoms with Crippen LogP contribution in [-0.2, 0) is 4.79 Å². The van der Waals surface area contributed by atoms with Gasteiger partial charge in [-0.3, -0.25) is 14.8 Å². The van der Waals surface area contributed by atoms with Crippen LogP contribution >= 0.6 is 0 Å². The minimum Gasteiger partial charge on any atom is -0.481 e. The van der Waals surface area contributed by atoms with E-state index in [1.54, 1.807) is 5.48 Å². The van der Waals surface area contributed by atoms with Crippen LogP contribution in [0.3, 0.4) is 0 Å². The van der Waals surface area contributed by atoms with Crippen LogP contribution in [0.25, 0.3) is 0 Å². The third kappa shape index (κ3) is 5.19. The molecule has 2 aliphatic rings. The van der Waals surface area contributed by atoms with Crippen molar-refractivity contribution < 1.29 is 19.9 Å². The largest absolute Gasteiger partial charge is 0.481 e. The van der Waals surface area contributed by atoms with E-state index < -0.39 is 11.9 Å². The number of hydrogen-bond acceptors (Lipinski definition) is 6. The molecule has 8 nitrogen and oxygen atoms in total. The summed E-state index contributed by atoms with van der Waals surface area (Å²) in [5.41, 5.74) is 1.78.